The molecule has 0 spiro atoms. The van der Waals surface area contributed by atoms with Crippen molar-refractivity contribution in [2.24, 2.45) is 0 Å². The molecule has 1 aromatic heterocycles. The van der Waals surface area contributed by atoms with Crippen LogP contribution in [0, 0.1) is 0 Å². The Hall–Kier alpha value is -1.39. The highest BCUT2D eigenvalue weighted by atomic mass is 32.1. The van der Waals surface area contributed by atoms with Crippen molar-refractivity contribution < 1.29 is 0 Å². The summed E-state index contributed by atoms with van der Waals surface area (Å²) in [6, 6.07) is 9.07. The summed E-state index contributed by atoms with van der Waals surface area (Å²) in [6.07, 6.45) is 1.12. The molecule has 0 fully saturated rings. The van der Waals surface area contributed by atoms with Crippen LogP contribution in [0.4, 0.5) is 5.13 Å². The topological polar surface area (TPSA) is 28.2 Å². The Morgan fingerprint density at radius 2 is 2.15 bits per heavy atom. The summed E-state index contributed by atoms with van der Waals surface area (Å²) in [5, 5.41) is 6.76. The molecule has 106 valence electrons. The largest absolute Gasteiger partial charge is 0.343 e. The van der Waals surface area contributed by atoms with Crippen LogP contribution in [-0.4, -0.2) is 18.1 Å². The van der Waals surface area contributed by atoms with Crippen LogP contribution >= 0.6 is 11.3 Å². The molecule has 1 unspecified atom stereocenters. The van der Waals surface area contributed by atoms with E-state index in [0.717, 1.165) is 36.9 Å². The molecule has 1 N–H and O–H groups in total. The second-order valence-corrected chi connectivity index (χ2v) is 6.11. The van der Waals surface area contributed by atoms with Gasteiger partial charge in [-0.3, -0.25) is 0 Å². The monoisotopic (exact) mass is 287 g/mol. The van der Waals surface area contributed by atoms with Crippen molar-refractivity contribution in [1.29, 1.82) is 0 Å². The third-order valence-electron chi connectivity index (χ3n) is 3.86. The van der Waals surface area contributed by atoms with Crippen LogP contribution in [-0.2, 0) is 13.0 Å². The lowest BCUT2D eigenvalue weighted by Gasteiger charge is -2.28. The maximum absolute atomic E-state index is 4.81. The lowest BCUT2D eigenvalue weighted by Crippen LogP contribution is -2.30. The van der Waals surface area contributed by atoms with E-state index in [-0.39, 0.29) is 0 Å². The standard InChI is InChI=1S/C16H21N3S/c1-3-17-12(2)15-11-20-16(18-15)19-9-8-13-6-4-5-7-14(13)10-19/h4-7,11-12,17H,3,8-10H2,1-2H3. The first-order valence-electron chi connectivity index (χ1n) is 7.28. The highest BCUT2D eigenvalue weighted by Gasteiger charge is 2.19. The predicted molar refractivity (Wildman–Crippen MR) is 85.4 cm³/mol. The van der Waals surface area contributed by atoms with E-state index in [1.54, 1.807) is 11.3 Å². The summed E-state index contributed by atoms with van der Waals surface area (Å²) in [7, 11) is 0. The number of aromatic nitrogens is 1. The highest BCUT2D eigenvalue weighted by molar-refractivity contribution is 7.13. The fourth-order valence-electron chi connectivity index (χ4n) is 2.69. The zero-order valence-electron chi connectivity index (χ0n) is 12.1. The number of thiazole rings is 1. The molecule has 20 heavy (non-hydrogen) atoms. The van der Waals surface area contributed by atoms with Gasteiger partial charge in [0.1, 0.15) is 0 Å². The lowest BCUT2D eigenvalue weighted by molar-refractivity contribution is 0.585. The minimum Gasteiger partial charge on any atom is -0.343 e. The second kappa shape index (κ2) is 5.94. The van der Waals surface area contributed by atoms with Crippen LogP contribution < -0.4 is 10.2 Å². The normalized spacial score (nSPS) is 16.0. The number of anilines is 1. The van der Waals surface area contributed by atoms with E-state index in [2.05, 4.69) is 53.7 Å². The Morgan fingerprint density at radius 3 is 2.95 bits per heavy atom. The van der Waals surface area contributed by atoms with Crippen molar-refractivity contribution in [3.05, 3.63) is 46.5 Å². The van der Waals surface area contributed by atoms with Crippen LogP contribution in [0.15, 0.2) is 29.6 Å². The van der Waals surface area contributed by atoms with Crippen molar-refractivity contribution in [3.63, 3.8) is 0 Å². The lowest BCUT2D eigenvalue weighted by atomic mass is 10.0. The zero-order valence-corrected chi connectivity index (χ0v) is 12.9. The molecule has 1 aliphatic rings. The maximum atomic E-state index is 4.81. The molecular weight excluding hydrogens is 266 g/mol. The molecule has 1 aliphatic heterocycles. The van der Waals surface area contributed by atoms with Gasteiger partial charge >= 0.3 is 0 Å². The predicted octanol–water partition coefficient (Wildman–Crippen LogP) is 3.38. The van der Waals surface area contributed by atoms with Gasteiger partial charge in [-0.1, -0.05) is 31.2 Å². The molecule has 2 heterocycles. The van der Waals surface area contributed by atoms with Crippen LogP contribution in [0.5, 0.6) is 0 Å². The van der Waals surface area contributed by atoms with Crippen molar-refractivity contribution in [3.8, 4) is 0 Å². The molecular formula is C16H21N3S. The third kappa shape index (κ3) is 2.72. The van der Waals surface area contributed by atoms with Crippen LogP contribution in [0.2, 0.25) is 0 Å². The van der Waals surface area contributed by atoms with Gasteiger partial charge in [-0.15, -0.1) is 11.3 Å². The summed E-state index contributed by atoms with van der Waals surface area (Å²) in [6.45, 7) is 7.34. The van der Waals surface area contributed by atoms with Gasteiger partial charge in [0, 0.05) is 24.5 Å². The minimum absolute atomic E-state index is 0.335. The van der Waals surface area contributed by atoms with E-state index >= 15 is 0 Å². The van der Waals surface area contributed by atoms with Gasteiger partial charge in [0.05, 0.1) is 5.69 Å². The van der Waals surface area contributed by atoms with E-state index < -0.39 is 0 Å². The smallest absolute Gasteiger partial charge is 0.185 e. The average molecular weight is 287 g/mol. The van der Waals surface area contributed by atoms with E-state index in [4.69, 9.17) is 4.98 Å². The summed E-state index contributed by atoms with van der Waals surface area (Å²) in [5.41, 5.74) is 4.09. The molecule has 0 amide bonds. The molecule has 0 aliphatic carbocycles. The number of benzene rings is 1. The molecule has 1 atom stereocenters. The van der Waals surface area contributed by atoms with Gasteiger partial charge in [-0.2, -0.15) is 0 Å². The summed E-state index contributed by atoms with van der Waals surface area (Å²) in [5.74, 6) is 0. The van der Waals surface area contributed by atoms with Crippen LogP contribution in [0.25, 0.3) is 0 Å². The Labute approximate surface area is 124 Å². The molecule has 0 bridgehead atoms. The molecule has 3 nitrogen and oxygen atoms in total. The van der Waals surface area contributed by atoms with Gasteiger partial charge in [-0.25, -0.2) is 4.98 Å². The quantitative estimate of drug-likeness (QED) is 0.934. The van der Waals surface area contributed by atoms with Gasteiger partial charge < -0.3 is 10.2 Å². The van der Waals surface area contributed by atoms with Gasteiger partial charge in [0.25, 0.3) is 0 Å². The molecule has 0 saturated carbocycles. The maximum Gasteiger partial charge on any atom is 0.185 e. The summed E-state index contributed by atoms with van der Waals surface area (Å²) < 4.78 is 0. The molecule has 0 saturated heterocycles. The zero-order chi connectivity index (χ0) is 13.9. The van der Waals surface area contributed by atoms with E-state index in [1.807, 2.05) is 0 Å². The number of rotatable bonds is 4. The van der Waals surface area contributed by atoms with Gasteiger partial charge in [0.2, 0.25) is 0 Å². The van der Waals surface area contributed by atoms with Gasteiger partial charge in [0.15, 0.2) is 5.13 Å². The summed E-state index contributed by atoms with van der Waals surface area (Å²) in [4.78, 5) is 7.21. The Morgan fingerprint density at radius 1 is 1.35 bits per heavy atom. The third-order valence-corrected chi connectivity index (χ3v) is 4.78. The Bertz CT molecular complexity index is 579. The first-order valence-corrected chi connectivity index (χ1v) is 8.16. The molecule has 4 heteroatoms. The number of fused-ring (bicyclic) bond motifs is 1. The number of hydrogen-bond acceptors (Lipinski definition) is 4. The molecule has 2 aromatic rings. The SMILES string of the molecule is CCNC(C)c1csc(N2CCc3ccccc3C2)n1. The van der Waals surface area contributed by atoms with Crippen LogP contribution in [0.3, 0.4) is 0 Å². The Kier molecular flexibility index (Phi) is 4.03. The van der Waals surface area contributed by atoms with E-state index in [0.29, 0.717) is 6.04 Å². The fraction of sp³-hybridized carbons (Fsp3) is 0.438. The first-order chi connectivity index (χ1) is 9.78. The number of nitrogens with zero attached hydrogens (tertiary/aromatic N) is 2. The molecule has 3 rings (SSSR count). The van der Waals surface area contributed by atoms with Gasteiger partial charge in [-0.05, 0) is 31.0 Å². The summed E-state index contributed by atoms with van der Waals surface area (Å²) >= 11 is 1.76. The van der Waals surface area contributed by atoms with Crippen LogP contribution in [0.1, 0.15) is 36.7 Å². The van der Waals surface area contributed by atoms with Crippen molar-refractivity contribution >= 4 is 16.5 Å². The number of nitrogens with one attached hydrogen (secondary N) is 1. The van der Waals surface area contributed by atoms with Crippen molar-refractivity contribution in [2.75, 3.05) is 18.0 Å². The fourth-order valence-corrected chi connectivity index (χ4v) is 3.64. The average Bonchev–Trinajstić information content (AvgIpc) is 2.97. The first kappa shape index (κ1) is 13.6. The minimum atomic E-state index is 0.335. The highest BCUT2D eigenvalue weighted by Crippen LogP contribution is 2.28. The van der Waals surface area contributed by atoms with E-state index in [9.17, 15) is 0 Å². The molecule has 0 radical (unpaired) electrons. The second-order valence-electron chi connectivity index (χ2n) is 5.27. The van der Waals surface area contributed by atoms with Crippen molar-refractivity contribution in [1.82, 2.24) is 10.3 Å². The van der Waals surface area contributed by atoms with E-state index in [1.165, 1.54) is 11.1 Å². The number of hydrogen-bond donors (Lipinski definition) is 1. The Balaban J connectivity index is 1.75. The molecule has 1 aromatic carbocycles. The van der Waals surface area contributed by atoms with Crippen molar-refractivity contribution in [2.45, 2.75) is 32.9 Å².